The number of unbranched alkanes of at least 4 members (excludes halogenated alkanes) is 6. The Morgan fingerprint density at radius 3 is 1.37 bits per heavy atom. The average Bonchev–Trinajstić information content (AvgIpc) is 3.15. The molecule has 0 unspecified atom stereocenters. The molecule has 0 N–H and O–H groups in total. The first-order valence-corrected chi connectivity index (χ1v) is 18.5. The van der Waals surface area contributed by atoms with Crippen LogP contribution in [0, 0.1) is 0 Å². The van der Waals surface area contributed by atoms with E-state index in [4.69, 9.17) is 4.74 Å². The molecular weight excluding hydrogens is 636 g/mol. The topological polar surface area (TPSA) is 84.0 Å². The quantitative estimate of drug-likeness (QED) is 0.0525. The Morgan fingerprint density at radius 1 is 0.510 bits per heavy atom. The van der Waals surface area contributed by atoms with Gasteiger partial charge in [0.2, 0.25) is 0 Å². The van der Waals surface area contributed by atoms with E-state index in [1.54, 1.807) is 41.3 Å². The van der Waals surface area contributed by atoms with Crippen LogP contribution in [0.2, 0.25) is 0 Å². The maximum Gasteiger partial charge on any atom is 0.266 e. The maximum atomic E-state index is 14.4. The van der Waals surface area contributed by atoms with Gasteiger partial charge in [-0.2, -0.15) is 0 Å². The third kappa shape index (κ3) is 5.00. The normalized spacial score (nSPS) is 14.4. The monoisotopic (exact) mass is 678 g/mol. The molecule has 0 aromatic heterocycles. The molecule has 2 heterocycles. The highest BCUT2D eigenvalue weighted by Crippen LogP contribution is 2.47. The first kappa shape index (κ1) is 32.9. The van der Waals surface area contributed by atoms with E-state index in [1.807, 2.05) is 36.4 Å². The second-order valence-electron chi connectivity index (χ2n) is 14.1. The fourth-order valence-corrected chi connectivity index (χ4v) is 8.67. The van der Waals surface area contributed by atoms with Gasteiger partial charge in [0.15, 0.2) is 0 Å². The van der Waals surface area contributed by atoms with Gasteiger partial charge in [0.1, 0.15) is 5.75 Å². The standard InChI is InChI=1S/C44H42N2O5/c1-4-6-8-10-14-26(15-11-9-7-5-2)45-41(47)31-22-18-27-29-20-24-33-40-34(44(50)46(43(33)49)35-16-12-13-17-36(35)51-3)25-21-30(38(29)40)28-19-23-32(42(45)48)39(31)37(27)28/h12-13,16-26H,4-11,14-15H2,1-3H3. The van der Waals surface area contributed by atoms with Crippen LogP contribution in [0.15, 0.2) is 72.8 Å². The fraction of sp³-hybridized carbons (Fsp3) is 0.318. The molecule has 0 aliphatic carbocycles. The number of fused-ring (bicyclic) bond motifs is 2. The molecule has 0 spiro atoms. The number of carbonyl (C=O) groups is 4. The number of amides is 4. The van der Waals surface area contributed by atoms with E-state index >= 15 is 0 Å². The number of hydrogen-bond acceptors (Lipinski definition) is 5. The lowest BCUT2D eigenvalue weighted by Crippen LogP contribution is -2.47. The average molecular weight is 679 g/mol. The first-order chi connectivity index (χ1) is 24.9. The van der Waals surface area contributed by atoms with Crippen LogP contribution in [0.25, 0.3) is 43.1 Å². The number of methoxy groups -OCH3 is 1. The molecule has 51 heavy (non-hydrogen) atoms. The predicted molar refractivity (Wildman–Crippen MR) is 204 cm³/mol. The summed E-state index contributed by atoms with van der Waals surface area (Å²) < 4.78 is 5.52. The molecule has 6 aromatic rings. The number of para-hydroxylation sites is 2. The lowest BCUT2D eigenvalue weighted by molar-refractivity contribution is 0.0516. The molecule has 8 rings (SSSR count). The van der Waals surface area contributed by atoms with Crippen LogP contribution in [-0.4, -0.2) is 41.7 Å². The van der Waals surface area contributed by atoms with Crippen LogP contribution >= 0.6 is 0 Å². The van der Waals surface area contributed by atoms with Crippen molar-refractivity contribution < 1.29 is 23.9 Å². The molecule has 0 radical (unpaired) electrons. The largest absolute Gasteiger partial charge is 0.495 e. The summed E-state index contributed by atoms with van der Waals surface area (Å²) in [6, 6.07) is 22.1. The molecule has 7 nitrogen and oxygen atoms in total. The van der Waals surface area contributed by atoms with Gasteiger partial charge in [-0.3, -0.25) is 24.1 Å². The third-order valence-electron chi connectivity index (χ3n) is 11.1. The van der Waals surface area contributed by atoms with Crippen molar-refractivity contribution in [1.82, 2.24) is 4.90 Å². The van der Waals surface area contributed by atoms with Crippen molar-refractivity contribution in [2.45, 2.75) is 84.1 Å². The molecule has 2 aliphatic rings. The van der Waals surface area contributed by atoms with Crippen molar-refractivity contribution in [1.29, 1.82) is 0 Å². The van der Waals surface area contributed by atoms with Crippen molar-refractivity contribution in [3.63, 3.8) is 0 Å². The van der Waals surface area contributed by atoms with Crippen molar-refractivity contribution in [3.05, 3.63) is 95.1 Å². The highest BCUT2D eigenvalue weighted by molar-refractivity contribution is 6.43. The van der Waals surface area contributed by atoms with E-state index in [9.17, 15) is 19.2 Å². The summed E-state index contributed by atoms with van der Waals surface area (Å²) in [4.78, 5) is 59.8. The number of nitrogens with zero attached hydrogens (tertiary/aromatic N) is 2. The molecule has 258 valence electrons. The number of benzene rings is 6. The van der Waals surface area contributed by atoms with Gasteiger partial charge < -0.3 is 4.74 Å². The van der Waals surface area contributed by atoms with Crippen LogP contribution in [0.4, 0.5) is 5.69 Å². The second-order valence-corrected chi connectivity index (χ2v) is 14.1. The van der Waals surface area contributed by atoms with Crippen LogP contribution in [0.5, 0.6) is 5.75 Å². The number of carbonyl (C=O) groups excluding carboxylic acids is 4. The molecule has 0 atom stereocenters. The summed E-state index contributed by atoms with van der Waals surface area (Å²) in [7, 11) is 1.52. The van der Waals surface area contributed by atoms with Crippen molar-refractivity contribution in [2.24, 2.45) is 0 Å². The Labute approximate surface area is 297 Å². The van der Waals surface area contributed by atoms with E-state index in [0.717, 1.165) is 96.5 Å². The van der Waals surface area contributed by atoms with Crippen molar-refractivity contribution in [3.8, 4) is 5.75 Å². The third-order valence-corrected chi connectivity index (χ3v) is 11.1. The zero-order chi connectivity index (χ0) is 35.4. The number of rotatable bonds is 13. The van der Waals surface area contributed by atoms with Crippen LogP contribution in [0.3, 0.4) is 0 Å². The highest BCUT2D eigenvalue weighted by Gasteiger charge is 2.39. The Kier molecular flexibility index (Phi) is 8.45. The molecule has 0 saturated carbocycles. The lowest BCUT2D eigenvalue weighted by Gasteiger charge is -2.35. The summed E-state index contributed by atoms with van der Waals surface area (Å²) in [6.07, 6.45) is 10.4. The molecule has 6 aromatic carbocycles. The molecule has 4 amide bonds. The Morgan fingerprint density at radius 2 is 0.941 bits per heavy atom. The minimum absolute atomic E-state index is 0.128. The summed E-state index contributed by atoms with van der Waals surface area (Å²) >= 11 is 0. The lowest BCUT2D eigenvalue weighted by atomic mass is 9.82. The zero-order valence-corrected chi connectivity index (χ0v) is 29.5. The SMILES string of the molecule is CCCCCCC(CCCCCC)N1C(=O)c2ccc3c4ccc5c6c(ccc(c7ccc(c2c37)C1=O)c64)C(=O)N(c1ccccc1OC)C5=O. The summed E-state index contributed by atoms with van der Waals surface area (Å²) in [6.45, 7) is 4.38. The molecule has 0 bridgehead atoms. The first-order valence-electron chi connectivity index (χ1n) is 18.5. The number of ether oxygens (including phenoxy) is 1. The number of imide groups is 2. The maximum absolute atomic E-state index is 14.4. The summed E-state index contributed by atoms with van der Waals surface area (Å²) in [5.74, 6) is -0.811. The summed E-state index contributed by atoms with van der Waals surface area (Å²) in [5.41, 5.74) is 2.39. The van der Waals surface area contributed by atoms with Gasteiger partial charge in [-0.25, -0.2) is 4.90 Å². The van der Waals surface area contributed by atoms with E-state index in [0.29, 0.717) is 44.5 Å². The predicted octanol–water partition coefficient (Wildman–Crippen LogP) is 10.5. The molecule has 0 saturated heterocycles. The second kappa shape index (κ2) is 13.1. The summed E-state index contributed by atoms with van der Waals surface area (Å²) in [5, 5.41) is 6.54. The van der Waals surface area contributed by atoms with Gasteiger partial charge in [0.05, 0.1) is 12.8 Å². The highest BCUT2D eigenvalue weighted by atomic mass is 16.5. The zero-order valence-electron chi connectivity index (χ0n) is 29.5. The van der Waals surface area contributed by atoms with Crippen molar-refractivity contribution >= 4 is 72.4 Å². The van der Waals surface area contributed by atoms with Gasteiger partial charge in [0.25, 0.3) is 23.6 Å². The number of anilines is 1. The van der Waals surface area contributed by atoms with Crippen molar-refractivity contribution in [2.75, 3.05) is 12.0 Å². The molecular formula is C44H42N2O5. The van der Waals surface area contributed by atoms with Gasteiger partial charge in [-0.1, -0.05) is 102 Å². The number of hydrogen-bond donors (Lipinski definition) is 0. The Balaban J connectivity index is 1.27. The fourth-order valence-electron chi connectivity index (χ4n) is 8.67. The Hall–Kier alpha value is -5.30. The minimum Gasteiger partial charge on any atom is -0.495 e. The van der Waals surface area contributed by atoms with E-state index in [1.165, 1.54) is 12.0 Å². The minimum atomic E-state index is -0.410. The Bertz CT molecular complexity index is 2260. The van der Waals surface area contributed by atoms with Crippen LogP contribution < -0.4 is 9.64 Å². The molecule has 2 aliphatic heterocycles. The van der Waals surface area contributed by atoms with Gasteiger partial charge >= 0.3 is 0 Å². The smallest absolute Gasteiger partial charge is 0.266 e. The van der Waals surface area contributed by atoms with E-state index in [2.05, 4.69) is 13.8 Å². The molecule has 0 fully saturated rings. The van der Waals surface area contributed by atoms with Crippen LogP contribution in [0.1, 0.15) is 119 Å². The van der Waals surface area contributed by atoms with E-state index < -0.39 is 11.8 Å². The van der Waals surface area contributed by atoms with Gasteiger partial charge in [-0.15, -0.1) is 0 Å². The van der Waals surface area contributed by atoms with Crippen LogP contribution in [-0.2, 0) is 0 Å². The van der Waals surface area contributed by atoms with Gasteiger partial charge in [0, 0.05) is 39.1 Å². The molecule has 7 heteroatoms. The van der Waals surface area contributed by atoms with E-state index in [-0.39, 0.29) is 17.9 Å². The van der Waals surface area contributed by atoms with Gasteiger partial charge in [-0.05, 0) is 81.6 Å².